The lowest BCUT2D eigenvalue weighted by molar-refractivity contribution is 0.113. The highest BCUT2D eigenvalue weighted by Crippen LogP contribution is 2.33. The van der Waals surface area contributed by atoms with E-state index in [-0.39, 0.29) is 23.0 Å². The Balaban J connectivity index is 1.66. The van der Waals surface area contributed by atoms with Gasteiger partial charge < -0.3 is 14.8 Å². The van der Waals surface area contributed by atoms with Gasteiger partial charge in [0.2, 0.25) is 10.0 Å². The van der Waals surface area contributed by atoms with Crippen LogP contribution >= 0.6 is 23.2 Å². The largest absolute Gasteiger partial charge is 0.495 e. The molecule has 7 nitrogen and oxygen atoms in total. The van der Waals surface area contributed by atoms with Crippen LogP contribution in [0.5, 0.6) is 5.75 Å². The summed E-state index contributed by atoms with van der Waals surface area (Å²) in [7, 11) is -2.24. The molecular weight excluding hydrogens is 461 g/mol. The Morgan fingerprint density at radius 2 is 1.77 bits per heavy atom. The van der Waals surface area contributed by atoms with Gasteiger partial charge in [-0.1, -0.05) is 29.3 Å². The van der Waals surface area contributed by atoms with Crippen molar-refractivity contribution in [3.8, 4) is 28.4 Å². The zero-order valence-corrected chi connectivity index (χ0v) is 19.0. The number of H-pyrrole nitrogens is 1. The number of sulfonamides is 1. The molecule has 2 heterocycles. The molecule has 1 aliphatic heterocycles. The van der Waals surface area contributed by atoms with Gasteiger partial charge in [-0.05, 0) is 43.2 Å². The van der Waals surface area contributed by atoms with Crippen LogP contribution in [0.1, 0.15) is 12.8 Å². The number of imidazole rings is 1. The minimum absolute atomic E-state index is 0.0224. The highest BCUT2D eigenvalue weighted by Gasteiger charge is 2.30. The van der Waals surface area contributed by atoms with Gasteiger partial charge in [0.05, 0.1) is 35.1 Å². The molecule has 0 atom stereocenters. The summed E-state index contributed by atoms with van der Waals surface area (Å²) in [6.07, 6.45) is 2.00. The normalized spacial score (nSPS) is 15.9. The molecule has 1 saturated heterocycles. The summed E-state index contributed by atoms with van der Waals surface area (Å²) >= 11 is 12.3. The van der Waals surface area contributed by atoms with Crippen LogP contribution in [-0.2, 0) is 10.0 Å². The van der Waals surface area contributed by atoms with Crippen molar-refractivity contribution in [3.05, 3.63) is 52.6 Å². The first-order valence-electron chi connectivity index (χ1n) is 9.66. The molecule has 31 heavy (non-hydrogen) atoms. The molecule has 0 amide bonds. The minimum Gasteiger partial charge on any atom is -0.495 e. The third kappa shape index (κ3) is 4.44. The third-order valence-electron chi connectivity index (χ3n) is 5.28. The van der Waals surface area contributed by atoms with Crippen molar-refractivity contribution in [1.82, 2.24) is 14.3 Å². The summed E-state index contributed by atoms with van der Waals surface area (Å²) in [5, 5.41) is 10.3. The van der Waals surface area contributed by atoms with E-state index in [9.17, 15) is 13.5 Å². The van der Waals surface area contributed by atoms with Crippen molar-refractivity contribution in [2.75, 3.05) is 20.2 Å². The van der Waals surface area contributed by atoms with Crippen molar-refractivity contribution in [2.24, 2.45) is 0 Å². The van der Waals surface area contributed by atoms with Crippen molar-refractivity contribution in [2.45, 2.75) is 23.8 Å². The number of rotatable bonds is 5. The van der Waals surface area contributed by atoms with E-state index >= 15 is 0 Å². The molecule has 3 aromatic rings. The van der Waals surface area contributed by atoms with Crippen molar-refractivity contribution >= 4 is 33.2 Å². The summed E-state index contributed by atoms with van der Waals surface area (Å²) in [5.74, 6) is 1.05. The molecule has 1 fully saturated rings. The van der Waals surface area contributed by atoms with Gasteiger partial charge in [0, 0.05) is 24.2 Å². The summed E-state index contributed by atoms with van der Waals surface area (Å²) in [4.78, 5) is 7.63. The molecule has 0 saturated carbocycles. The zero-order chi connectivity index (χ0) is 22.2. The van der Waals surface area contributed by atoms with Crippen LogP contribution in [0.15, 0.2) is 47.5 Å². The molecule has 164 valence electrons. The van der Waals surface area contributed by atoms with E-state index in [1.165, 1.54) is 10.4 Å². The average molecular weight is 482 g/mol. The van der Waals surface area contributed by atoms with Crippen LogP contribution in [0.3, 0.4) is 0 Å². The number of hydrogen-bond acceptors (Lipinski definition) is 5. The second-order valence-corrected chi connectivity index (χ2v) is 10.00. The first kappa shape index (κ1) is 22.1. The van der Waals surface area contributed by atoms with Gasteiger partial charge in [0.15, 0.2) is 0 Å². The maximum absolute atomic E-state index is 13.1. The van der Waals surface area contributed by atoms with E-state index in [0.29, 0.717) is 35.0 Å². The second kappa shape index (κ2) is 8.80. The molecule has 0 aliphatic carbocycles. The van der Waals surface area contributed by atoms with E-state index < -0.39 is 16.1 Å². The lowest BCUT2D eigenvalue weighted by Crippen LogP contribution is -2.40. The van der Waals surface area contributed by atoms with Crippen LogP contribution in [0.4, 0.5) is 0 Å². The number of aliphatic hydroxyl groups excluding tert-OH is 1. The Bertz CT molecular complexity index is 1210. The number of piperidine rings is 1. The van der Waals surface area contributed by atoms with Gasteiger partial charge in [-0.3, -0.25) is 0 Å². The molecule has 4 rings (SSSR count). The Kier molecular flexibility index (Phi) is 6.27. The van der Waals surface area contributed by atoms with Gasteiger partial charge in [-0.15, -0.1) is 0 Å². The fourth-order valence-electron chi connectivity index (χ4n) is 3.51. The number of aromatic nitrogens is 2. The van der Waals surface area contributed by atoms with Crippen molar-refractivity contribution < 1.29 is 18.3 Å². The monoisotopic (exact) mass is 481 g/mol. The molecule has 1 aliphatic rings. The molecule has 0 radical (unpaired) electrons. The van der Waals surface area contributed by atoms with E-state index in [1.807, 2.05) is 6.07 Å². The number of methoxy groups -OCH3 is 1. The predicted octanol–water partition coefficient (Wildman–Crippen LogP) is 4.20. The lowest BCUT2D eigenvalue weighted by Gasteiger charge is -2.29. The van der Waals surface area contributed by atoms with Gasteiger partial charge in [0.25, 0.3) is 0 Å². The molecule has 2 N–H and O–H groups in total. The van der Waals surface area contributed by atoms with Crippen LogP contribution in [-0.4, -0.2) is 54.1 Å². The summed E-state index contributed by atoms with van der Waals surface area (Å²) in [6.45, 7) is 0.515. The Labute approximate surface area is 190 Å². The Morgan fingerprint density at radius 3 is 2.48 bits per heavy atom. The van der Waals surface area contributed by atoms with Gasteiger partial charge in [-0.25, -0.2) is 13.4 Å². The van der Waals surface area contributed by atoms with E-state index in [0.717, 1.165) is 11.3 Å². The van der Waals surface area contributed by atoms with Crippen LogP contribution in [0.25, 0.3) is 22.6 Å². The van der Waals surface area contributed by atoms with Crippen LogP contribution in [0.2, 0.25) is 10.0 Å². The highest BCUT2D eigenvalue weighted by atomic mass is 35.5. The summed E-state index contributed by atoms with van der Waals surface area (Å²) < 4.78 is 32.9. The fraction of sp³-hybridized carbons (Fsp3) is 0.286. The van der Waals surface area contributed by atoms with Crippen molar-refractivity contribution in [3.63, 3.8) is 0 Å². The standard InChI is InChI=1S/C21H21Cl2N3O4S/c1-30-19-10-13(2-4-16(19)22)18-12-24-21(25-18)14-3-5-17(23)20(11-14)31(28,29)26-8-6-15(27)7-9-26/h2-5,10-12,15,27H,6-9H2,1H3,(H,24,25). The van der Waals surface area contributed by atoms with Gasteiger partial charge in [-0.2, -0.15) is 4.31 Å². The number of aliphatic hydroxyl groups is 1. The van der Waals surface area contributed by atoms with E-state index in [4.69, 9.17) is 27.9 Å². The molecule has 10 heteroatoms. The summed E-state index contributed by atoms with van der Waals surface area (Å²) in [5.41, 5.74) is 2.15. The van der Waals surface area contributed by atoms with E-state index in [1.54, 1.807) is 37.6 Å². The molecule has 2 aromatic carbocycles. The number of nitrogens with one attached hydrogen (secondary N) is 1. The first-order valence-corrected chi connectivity index (χ1v) is 11.9. The third-order valence-corrected chi connectivity index (χ3v) is 7.98. The van der Waals surface area contributed by atoms with Gasteiger partial charge >= 0.3 is 0 Å². The minimum atomic E-state index is -3.79. The Hall–Kier alpha value is -2.10. The van der Waals surface area contributed by atoms with Crippen LogP contribution in [0, 0.1) is 0 Å². The highest BCUT2D eigenvalue weighted by molar-refractivity contribution is 7.89. The van der Waals surface area contributed by atoms with Crippen LogP contribution < -0.4 is 4.74 Å². The first-order chi connectivity index (χ1) is 14.8. The number of ether oxygens (including phenoxy) is 1. The topological polar surface area (TPSA) is 95.5 Å². The maximum atomic E-state index is 13.1. The number of hydrogen-bond donors (Lipinski definition) is 2. The zero-order valence-electron chi connectivity index (χ0n) is 16.7. The molecular formula is C21H21Cl2N3O4S. The average Bonchev–Trinajstić information content (AvgIpc) is 3.25. The van der Waals surface area contributed by atoms with Crippen molar-refractivity contribution in [1.29, 1.82) is 0 Å². The molecule has 0 bridgehead atoms. The number of aromatic amines is 1. The molecule has 0 unspecified atom stereocenters. The SMILES string of the molecule is COc1cc(-c2cnc(-c3ccc(Cl)c(S(=O)(=O)N4CCC(O)CC4)c3)[nH]2)ccc1Cl. The lowest BCUT2D eigenvalue weighted by atomic mass is 10.1. The quantitative estimate of drug-likeness (QED) is 0.568. The van der Waals surface area contributed by atoms with Gasteiger partial charge in [0.1, 0.15) is 16.5 Å². The number of halogens is 2. The van der Waals surface area contributed by atoms with E-state index in [2.05, 4.69) is 9.97 Å². The predicted molar refractivity (Wildman–Crippen MR) is 120 cm³/mol. The second-order valence-electron chi connectivity index (χ2n) is 7.28. The number of benzene rings is 2. The molecule has 0 spiro atoms. The number of nitrogens with zero attached hydrogens (tertiary/aromatic N) is 2. The molecule has 1 aromatic heterocycles. The summed E-state index contributed by atoms with van der Waals surface area (Å²) in [6, 6.07) is 10.2. The smallest absolute Gasteiger partial charge is 0.244 e. The maximum Gasteiger partial charge on any atom is 0.244 e. The fourth-order valence-corrected chi connectivity index (χ4v) is 5.68. The Morgan fingerprint density at radius 1 is 1.10 bits per heavy atom.